The summed E-state index contributed by atoms with van der Waals surface area (Å²) in [7, 11) is 0. The summed E-state index contributed by atoms with van der Waals surface area (Å²) in [5, 5.41) is 5.56. The average molecular weight is 474 g/mol. The van der Waals surface area contributed by atoms with Gasteiger partial charge in [-0.25, -0.2) is 4.79 Å². The lowest BCUT2D eigenvalue weighted by Gasteiger charge is -2.43. The normalized spacial score (nSPS) is 15.6. The van der Waals surface area contributed by atoms with Crippen molar-refractivity contribution in [2.24, 2.45) is 0 Å². The number of alkyl carbamates (subject to hydrolysis) is 1. The summed E-state index contributed by atoms with van der Waals surface area (Å²) in [4.78, 5) is 41.0. The molecule has 0 bridgehead atoms. The first-order chi connectivity index (χ1) is 15.5. The molecule has 0 radical (unpaired) electrons. The molecule has 2 rings (SSSR count). The first-order valence-electron chi connectivity index (χ1n) is 11.3. The number of ether oxygens (including phenoxy) is 1. The van der Waals surface area contributed by atoms with E-state index in [1.54, 1.807) is 49.9 Å². The molecule has 33 heavy (non-hydrogen) atoms. The highest BCUT2D eigenvalue weighted by atomic mass is 32.1. The number of benzene rings is 1. The molecule has 0 saturated heterocycles. The number of terminal acetylenes is 1. The van der Waals surface area contributed by atoms with Gasteiger partial charge in [-0.15, -0.1) is 6.42 Å². The van der Waals surface area contributed by atoms with E-state index in [0.717, 1.165) is 19.3 Å². The molecular formula is C25H35N3O4S. The lowest BCUT2D eigenvalue weighted by molar-refractivity contribution is -0.147. The van der Waals surface area contributed by atoms with E-state index in [-0.39, 0.29) is 29.7 Å². The van der Waals surface area contributed by atoms with Crippen molar-refractivity contribution in [3.63, 3.8) is 0 Å². The smallest absolute Gasteiger partial charge is 0.408 e. The van der Waals surface area contributed by atoms with E-state index in [1.165, 1.54) is 0 Å². The summed E-state index contributed by atoms with van der Waals surface area (Å²) in [6.07, 6.45) is 7.31. The zero-order valence-corrected chi connectivity index (χ0v) is 20.9. The third-order valence-electron chi connectivity index (χ3n) is 5.24. The number of carbonyl (C=O) groups is 3. The third-order valence-corrected chi connectivity index (χ3v) is 5.61. The number of nitrogens with zero attached hydrogens (tertiary/aromatic N) is 1. The Morgan fingerprint density at radius 1 is 1.18 bits per heavy atom. The molecule has 0 aliphatic heterocycles. The number of hydrogen-bond donors (Lipinski definition) is 3. The molecule has 8 heteroatoms. The van der Waals surface area contributed by atoms with Crippen molar-refractivity contribution in [3.8, 4) is 12.3 Å². The first-order valence-corrected chi connectivity index (χ1v) is 11.9. The topological polar surface area (TPSA) is 87.7 Å². The summed E-state index contributed by atoms with van der Waals surface area (Å²) >= 11 is 4.30. The minimum absolute atomic E-state index is 0.0653. The van der Waals surface area contributed by atoms with E-state index in [2.05, 4.69) is 29.2 Å². The van der Waals surface area contributed by atoms with Gasteiger partial charge in [0.2, 0.25) is 11.8 Å². The van der Waals surface area contributed by atoms with Gasteiger partial charge in [-0.05, 0) is 71.6 Å². The highest BCUT2D eigenvalue weighted by Crippen LogP contribution is 2.34. The molecule has 2 N–H and O–H groups in total. The Hall–Kier alpha value is -2.66. The van der Waals surface area contributed by atoms with Gasteiger partial charge in [0, 0.05) is 23.4 Å². The van der Waals surface area contributed by atoms with Gasteiger partial charge in [0.15, 0.2) is 0 Å². The van der Waals surface area contributed by atoms with Crippen LogP contribution in [0.5, 0.6) is 0 Å². The summed E-state index contributed by atoms with van der Waals surface area (Å²) in [5.74, 6) is 1.98. The molecule has 1 fully saturated rings. The van der Waals surface area contributed by atoms with Crippen LogP contribution >= 0.6 is 12.6 Å². The number of carbonyl (C=O) groups excluding carboxylic acids is 3. The standard InChI is InChI=1S/C25H35N3O4S/c1-7-17-11-13-18(14-12-17)21(22(29)26-16(2)3)28(19-9-8-10-19)23(30)20(15-33)27-24(31)32-25(4,5)6/h1,11-14,16,19-21,33H,8-10,15H2,2-6H3,(H,26,29)(H,27,31). The summed E-state index contributed by atoms with van der Waals surface area (Å²) in [5.41, 5.74) is 0.631. The van der Waals surface area contributed by atoms with Crippen LogP contribution in [0.3, 0.4) is 0 Å². The summed E-state index contributed by atoms with van der Waals surface area (Å²) < 4.78 is 5.32. The Morgan fingerprint density at radius 3 is 2.21 bits per heavy atom. The molecule has 1 aromatic carbocycles. The quantitative estimate of drug-likeness (QED) is 0.399. The van der Waals surface area contributed by atoms with Gasteiger partial charge >= 0.3 is 6.09 Å². The van der Waals surface area contributed by atoms with Crippen molar-refractivity contribution in [3.05, 3.63) is 35.4 Å². The van der Waals surface area contributed by atoms with Crippen molar-refractivity contribution >= 4 is 30.5 Å². The van der Waals surface area contributed by atoms with Crippen molar-refractivity contribution < 1.29 is 19.1 Å². The van der Waals surface area contributed by atoms with E-state index in [4.69, 9.17) is 11.2 Å². The molecule has 180 valence electrons. The monoisotopic (exact) mass is 473 g/mol. The Morgan fingerprint density at radius 2 is 1.79 bits per heavy atom. The van der Waals surface area contributed by atoms with Gasteiger partial charge in [0.05, 0.1) is 0 Å². The van der Waals surface area contributed by atoms with Crippen molar-refractivity contribution in [2.75, 3.05) is 5.75 Å². The van der Waals surface area contributed by atoms with E-state index in [0.29, 0.717) is 11.1 Å². The van der Waals surface area contributed by atoms with Crippen LogP contribution in [-0.4, -0.2) is 52.3 Å². The first kappa shape index (κ1) is 26.6. The minimum atomic E-state index is -0.942. The van der Waals surface area contributed by atoms with Gasteiger partial charge in [-0.1, -0.05) is 18.1 Å². The van der Waals surface area contributed by atoms with Crippen molar-refractivity contribution in [1.82, 2.24) is 15.5 Å². The highest BCUT2D eigenvalue weighted by Gasteiger charge is 2.41. The molecule has 1 aromatic rings. The average Bonchev–Trinajstić information content (AvgIpc) is 2.68. The molecule has 1 aliphatic carbocycles. The maximum Gasteiger partial charge on any atom is 0.408 e. The number of hydrogen-bond acceptors (Lipinski definition) is 5. The lowest BCUT2D eigenvalue weighted by Crippen LogP contribution is -2.58. The predicted molar refractivity (Wildman–Crippen MR) is 132 cm³/mol. The SMILES string of the molecule is C#Cc1ccc(C(C(=O)NC(C)C)N(C(=O)C(CS)NC(=O)OC(C)(C)C)C2CCC2)cc1. The maximum atomic E-state index is 13.7. The van der Waals surface area contributed by atoms with Gasteiger partial charge in [-0.2, -0.15) is 12.6 Å². The van der Waals surface area contributed by atoms with Crippen LogP contribution in [0.1, 0.15) is 71.0 Å². The number of rotatable bonds is 8. The van der Waals surface area contributed by atoms with E-state index >= 15 is 0 Å². The number of nitrogens with one attached hydrogen (secondary N) is 2. The molecular weight excluding hydrogens is 438 g/mol. The fraction of sp³-hybridized carbons (Fsp3) is 0.560. The van der Waals surface area contributed by atoms with Crippen molar-refractivity contribution in [1.29, 1.82) is 0 Å². The lowest BCUT2D eigenvalue weighted by atomic mass is 9.88. The predicted octanol–water partition coefficient (Wildman–Crippen LogP) is 3.44. The van der Waals surface area contributed by atoms with Gasteiger partial charge < -0.3 is 20.3 Å². The fourth-order valence-corrected chi connectivity index (χ4v) is 3.81. The highest BCUT2D eigenvalue weighted by molar-refractivity contribution is 7.80. The third kappa shape index (κ3) is 7.43. The van der Waals surface area contributed by atoms with Crippen LogP contribution in [0.25, 0.3) is 0 Å². The Labute approximate surface area is 202 Å². The molecule has 7 nitrogen and oxygen atoms in total. The van der Waals surface area contributed by atoms with Gasteiger partial charge in [0.25, 0.3) is 0 Å². The van der Waals surface area contributed by atoms with Crippen LogP contribution in [0, 0.1) is 12.3 Å². The second kappa shape index (κ2) is 11.5. The second-order valence-corrected chi connectivity index (χ2v) is 9.91. The Bertz CT molecular complexity index is 882. The van der Waals surface area contributed by atoms with Crippen LogP contribution in [0.2, 0.25) is 0 Å². The zero-order valence-electron chi connectivity index (χ0n) is 20.1. The summed E-state index contributed by atoms with van der Waals surface area (Å²) in [6.45, 7) is 8.98. The molecule has 0 spiro atoms. The van der Waals surface area contributed by atoms with Gasteiger partial charge in [0.1, 0.15) is 17.7 Å². The largest absolute Gasteiger partial charge is 0.444 e. The minimum Gasteiger partial charge on any atom is -0.444 e. The van der Waals surface area contributed by atoms with Gasteiger partial charge in [-0.3, -0.25) is 9.59 Å². The Balaban J connectivity index is 2.42. The Kier molecular flexibility index (Phi) is 9.24. The molecule has 0 heterocycles. The maximum absolute atomic E-state index is 13.7. The molecule has 1 aliphatic rings. The van der Waals surface area contributed by atoms with E-state index in [1.807, 2.05) is 13.8 Å². The van der Waals surface area contributed by atoms with Crippen LogP contribution in [0.15, 0.2) is 24.3 Å². The number of thiol groups is 1. The second-order valence-electron chi connectivity index (χ2n) is 9.54. The fourth-order valence-electron chi connectivity index (χ4n) is 3.56. The van der Waals surface area contributed by atoms with Crippen LogP contribution in [-0.2, 0) is 14.3 Å². The molecule has 0 aromatic heterocycles. The van der Waals surface area contributed by atoms with Crippen LogP contribution < -0.4 is 10.6 Å². The molecule has 2 atom stereocenters. The van der Waals surface area contributed by atoms with E-state index < -0.39 is 23.8 Å². The van der Waals surface area contributed by atoms with Crippen molar-refractivity contribution in [2.45, 2.75) is 83.6 Å². The zero-order chi connectivity index (χ0) is 24.8. The molecule has 2 unspecified atom stereocenters. The number of amides is 3. The summed E-state index contributed by atoms with van der Waals surface area (Å²) in [6, 6.07) is 5.03. The van der Waals surface area contributed by atoms with E-state index in [9.17, 15) is 14.4 Å². The molecule has 1 saturated carbocycles. The molecule has 3 amide bonds. The van der Waals surface area contributed by atoms with Crippen LogP contribution in [0.4, 0.5) is 4.79 Å².